The number of hydrogen-bond donors (Lipinski definition) is 0. The highest BCUT2D eigenvalue weighted by molar-refractivity contribution is 6.30. The van der Waals surface area contributed by atoms with Gasteiger partial charge < -0.3 is 9.64 Å². The van der Waals surface area contributed by atoms with Crippen LogP contribution in [0.2, 0.25) is 5.02 Å². The van der Waals surface area contributed by atoms with Crippen molar-refractivity contribution < 1.29 is 9.53 Å². The summed E-state index contributed by atoms with van der Waals surface area (Å²) in [5, 5.41) is 0.716. The maximum Gasteiger partial charge on any atom is 0.310 e. The zero-order valence-electron chi connectivity index (χ0n) is 18.5. The molecule has 1 fully saturated rings. The average Bonchev–Trinajstić information content (AvgIpc) is 2.85. The van der Waals surface area contributed by atoms with E-state index in [0.29, 0.717) is 10.9 Å². The van der Waals surface area contributed by atoms with E-state index in [2.05, 4.69) is 65.6 Å². The van der Waals surface area contributed by atoms with Crippen LogP contribution in [-0.4, -0.2) is 37.6 Å². The largest absolute Gasteiger partial charge is 0.469 e. The smallest absolute Gasteiger partial charge is 0.310 e. The van der Waals surface area contributed by atoms with Gasteiger partial charge in [-0.15, -0.1) is 0 Å². The molecule has 2 atom stereocenters. The first-order valence-corrected chi connectivity index (χ1v) is 11.7. The van der Waals surface area contributed by atoms with Gasteiger partial charge in [0, 0.05) is 17.5 Å². The normalized spacial score (nSPS) is 19.1. The second-order valence-electron chi connectivity index (χ2n) is 8.54. The molecule has 0 N–H and O–H groups in total. The van der Waals surface area contributed by atoms with E-state index < -0.39 is 0 Å². The molecule has 1 heterocycles. The monoisotopic (exact) mass is 447 g/mol. The second kappa shape index (κ2) is 10.8. The third-order valence-corrected chi connectivity index (χ3v) is 6.89. The Morgan fingerprint density at radius 3 is 2.12 bits per heavy atom. The van der Waals surface area contributed by atoms with E-state index in [4.69, 9.17) is 16.3 Å². The molecule has 1 saturated heterocycles. The van der Waals surface area contributed by atoms with Crippen molar-refractivity contribution in [1.82, 2.24) is 4.90 Å². The predicted molar refractivity (Wildman–Crippen MR) is 130 cm³/mol. The lowest BCUT2D eigenvalue weighted by Gasteiger charge is -2.38. The van der Waals surface area contributed by atoms with Crippen molar-refractivity contribution in [3.8, 4) is 0 Å². The number of piperidine rings is 1. The zero-order chi connectivity index (χ0) is 22.3. The Morgan fingerprint density at radius 1 is 0.969 bits per heavy atom. The SMILES string of the molecule is COC(=O)C1CN(CCC(c2ccccc2)c2ccccc2)CC[C@@H]1c1ccc(Cl)cc1. The summed E-state index contributed by atoms with van der Waals surface area (Å²) in [6, 6.07) is 29.3. The topological polar surface area (TPSA) is 29.5 Å². The van der Waals surface area contributed by atoms with E-state index in [-0.39, 0.29) is 17.8 Å². The van der Waals surface area contributed by atoms with Gasteiger partial charge in [-0.1, -0.05) is 84.4 Å². The second-order valence-corrected chi connectivity index (χ2v) is 8.98. The maximum absolute atomic E-state index is 12.7. The summed E-state index contributed by atoms with van der Waals surface area (Å²) in [5.74, 6) is 0.206. The molecule has 0 spiro atoms. The number of benzene rings is 3. The van der Waals surface area contributed by atoms with Gasteiger partial charge in [-0.25, -0.2) is 0 Å². The van der Waals surface area contributed by atoms with Crippen LogP contribution < -0.4 is 0 Å². The van der Waals surface area contributed by atoms with Gasteiger partial charge >= 0.3 is 5.97 Å². The summed E-state index contributed by atoms with van der Waals surface area (Å²) < 4.78 is 5.19. The summed E-state index contributed by atoms with van der Waals surface area (Å²) in [6.07, 6.45) is 1.94. The van der Waals surface area contributed by atoms with Crippen LogP contribution in [0.1, 0.15) is 41.4 Å². The van der Waals surface area contributed by atoms with E-state index in [1.54, 1.807) is 0 Å². The van der Waals surface area contributed by atoms with Crippen molar-refractivity contribution in [3.63, 3.8) is 0 Å². The number of rotatable bonds is 7. The van der Waals surface area contributed by atoms with Crippen LogP contribution in [0, 0.1) is 5.92 Å². The molecule has 3 aromatic carbocycles. The summed E-state index contributed by atoms with van der Waals surface area (Å²) in [7, 11) is 1.49. The first-order chi connectivity index (χ1) is 15.7. The van der Waals surface area contributed by atoms with Crippen LogP contribution in [0.5, 0.6) is 0 Å². The van der Waals surface area contributed by atoms with Gasteiger partial charge in [-0.3, -0.25) is 4.79 Å². The molecule has 0 aliphatic carbocycles. The van der Waals surface area contributed by atoms with E-state index in [0.717, 1.165) is 38.0 Å². The number of halogens is 1. The number of nitrogens with zero attached hydrogens (tertiary/aromatic N) is 1. The van der Waals surface area contributed by atoms with Gasteiger partial charge in [0.15, 0.2) is 0 Å². The van der Waals surface area contributed by atoms with Crippen molar-refractivity contribution in [2.24, 2.45) is 5.92 Å². The highest BCUT2D eigenvalue weighted by Gasteiger charge is 2.36. The lowest BCUT2D eigenvalue weighted by Crippen LogP contribution is -2.43. The number of methoxy groups -OCH3 is 1. The fourth-order valence-electron chi connectivity index (χ4n) is 4.93. The van der Waals surface area contributed by atoms with Gasteiger partial charge in [0.25, 0.3) is 0 Å². The highest BCUT2D eigenvalue weighted by Crippen LogP contribution is 2.35. The van der Waals surface area contributed by atoms with E-state index in [9.17, 15) is 4.79 Å². The number of ether oxygens (including phenoxy) is 1. The van der Waals surface area contributed by atoms with Crippen molar-refractivity contribution >= 4 is 17.6 Å². The Hall–Kier alpha value is -2.62. The molecule has 1 aliphatic heterocycles. The van der Waals surface area contributed by atoms with Crippen LogP contribution in [0.3, 0.4) is 0 Å². The van der Waals surface area contributed by atoms with Gasteiger partial charge in [0.1, 0.15) is 0 Å². The third-order valence-electron chi connectivity index (χ3n) is 6.64. The number of carbonyl (C=O) groups excluding carboxylic acids is 1. The molecule has 0 bridgehead atoms. The molecule has 4 heteroatoms. The molecule has 0 amide bonds. The molecule has 0 radical (unpaired) electrons. The Labute approximate surface area is 196 Å². The average molecular weight is 448 g/mol. The fraction of sp³-hybridized carbons (Fsp3) is 0.321. The van der Waals surface area contributed by atoms with Crippen LogP contribution in [-0.2, 0) is 9.53 Å². The Kier molecular flexibility index (Phi) is 7.62. The van der Waals surface area contributed by atoms with Gasteiger partial charge in [0.05, 0.1) is 13.0 Å². The quantitative estimate of drug-likeness (QED) is 0.407. The molecule has 1 aliphatic rings. The minimum Gasteiger partial charge on any atom is -0.469 e. The van der Waals surface area contributed by atoms with Crippen molar-refractivity contribution in [2.45, 2.75) is 24.7 Å². The number of hydrogen-bond acceptors (Lipinski definition) is 3. The Bertz CT molecular complexity index is 951. The molecule has 0 saturated carbocycles. The minimum atomic E-state index is -0.165. The molecule has 3 nitrogen and oxygen atoms in total. The van der Waals surface area contributed by atoms with Crippen molar-refractivity contribution in [2.75, 3.05) is 26.7 Å². The lowest BCUT2D eigenvalue weighted by atomic mass is 9.80. The van der Waals surface area contributed by atoms with E-state index >= 15 is 0 Å². The number of carbonyl (C=O) groups is 1. The molecule has 32 heavy (non-hydrogen) atoms. The van der Waals surface area contributed by atoms with Crippen LogP contribution in [0.4, 0.5) is 0 Å². The molecular formula is C28H30ClNO2. The minimum absolute atomic E-state index is 0.127. The van der Waals surface area contributed by atoms with Crippen molar-refractivity contribution in [1.29, 1.82) is 0 Å². The maximum atomic E-state index is 12.7. The summed E-state index contributed by atoms with van der Waals surface area (Å²) in [6.45, 7) is 2.63. The number of esters is 1. The Balaban J connectivity index is 1.48. The third kappa shape index (κ3) is 5.40. The zero-order valence-corrected chi connectivity index (χ0v) is 19.2. The summed E-state index contributed by atoms with van der Waals surface area (Å²) >= 11 is 6.07. The van der Waals surface area contributed by atoms with Crippen LogP contribution >= 0.6 is 11.6 Å². The Morgan fingerprint density at radius 2 is 1.56 bits per heavy atom. The first kappa shape index (κ1) is 22.6. The molecular weight excluding hydrogens is 418 g/mol. The predicted octanol–water partition coefficient (Wildman–Crippen LogP) is 6.14. The van der Waals surface area contributed by atoms with Gasteiger partial charge in [-0.05, 0) is 60.7 Å². The van der Waals surface area contributed by atoms with Gasteiger partial charge in [-0.2, -0.15) is 0 Å². The first-order valence-electron chi connectivity index (χ1n) is 11.3. The van der Waals surface area contributed by atoms with Crippen LogP contribution in [0.25, 0.3) is 0 Å². The molecule has 3 aromatic rings. The standard InChI is InChI=1S/C28H30ClNO2/c1-32-28(31)27-20-30(19-17-26(27)23-12-14-24(29)15-13-23)18-16-25(21-8-4-2-5-9-21)22-10-6-3-7-11-22/h2-15,25-27H,16-20H2,1H3/t26-,27?/m1/s1. The molecule has 0 aromatic heterocycles. The number of likely N-dealkylation sites (tertiary alicyclic amines) is 1. The summed E-state index contributed by atoms with van der Waals surface area (Å²) in [5.41, 5.74) is 3.83. The summed E-state index contributed by atoms with van der Waals surface area (Å²) in [4.78, 5) is 15.1. The fourth-order valence-corrected chi connectivity index (χ4v) is 5.06. The van der Waals surface area contributed by atoms with E-state index in [1.165, 1.54) is 18.2 Å². The highest BCUT2D eigenvalue weighted by atomic mass is 35.5. The molecule has 1 unspecified atom stereocenters. The van der Waals surface area contributed by atoms with E-state index in [1.807, 2.05) is 24.3 Å². The molecule has 4 rings (SSSR count). The molecule has 166 valence electrons. The van der Waals surface area contributed by atoms with Gasteiger partial charge in [0.2, 0.25) is 0 Å². The van der Waals surface area contributed by atoms with Crippen molar-refractivity contribution in [3.05, 3.63) is 107 Å². The van der Waals surface area contributed by atoms with Crippen LogP contribution in [0.15, 0.2) is 84.9 Å². The lowest BCUT2D eigenvalue weighted by molar-refractivity contribution is -0.148.